The van der Waals surface area contributed by atoms with E-state index >= 15 is 0 Å². The molecule has 2 N–H and O–H groups in total. The Balaban J connectivity index is 1.78. The molecule has 2 aromatic carbocycles. The van der Waals surface area contributed by atoms with E-state index < -0.39 is 36.2 Å². The molecule has 0 saturated carbocycles. The number of carbonyl (C=O) groups excluding carboxylic acids is 4. The summed E-state index contributed by atoms with van der Waals surface area (Å²) >= 11 is -0.221. The number of hydrogen-bond donors (Lipinski definition) is 2. The second-order valence-electron chi connectivity index (χ2n) is 7.13. The summed E-state index contributed by atoms with van der Waals surface area (Å²) in [4.78, 5) is 48.5. The van der Waals surface area contributed by atoms with Crippen molar-refractivity contribution in [2.24, 2.45) is 0 Å². The number of amides is 2. The monoisotopic (exact) mass is 632 g/mol. The molecule has 12 heteroatoms. The van der Waals surface area contributed by atoms with Crippen molar-refractivity contribution < 1.29 is 38.1 Å². The molecular formula is C24H28N2O8Se2. The van der Waals surface area contributed by atoms with Gasteiger partial charge in [-0.2, -0.15) is 0 Å². The average molecular weight is 630 g/mol. The molecule has 194 valence electrons. The number of hydrogen-bond acceptors (Lipinski definition) is 8. The van der Waals surface area contributed by atoms with Crippen LogP contribution in [0.3, 0.4) is 0 Å². The first kappa shape index (κ1) is 29.2. The van der Waals surface area contributed by atoms with Crippen LogP contribution in [0.1, 0.15) is 11.1 Å². The van der Waals surface area contributed by atoms with Crippen LogP contribution in [-0.4, -0.2) is 76.7 Å². The molecule has 0 aliphatic carbocycles. The second kappa shape index (κ2) is 16.6. The number of carbonyl (C=O) groups is 4. The van der Waals surface area contributed by atoms with Crippen molar-refractivity contribution in [3.8, 4) is 0 Å². The normalized spacial score (nSPS) is 11.9. The molecule has 0 aromatic heterocycles. The summed E-state index contributed by atoms with van der Waals surface area (Å²) in [6, 6.07) is 16.6. The molecule has 2 aromatic rings. The Morgan fingerprint density at radius 2 is 1.03 bits per heavy atom. The Morgan fingerprint density at radius 3 is 1.36 bits per heavy atom. The summed E-state index contributed by atoms with van der Waals surface area (Å²) in [6.07, 6.45) is -1.46. The van der Waals surface area contributed by atoms with Gasteiger partial charge >= 0.3 is 221 Å². The van der Waals surface area contributed by atoms with Crippen LogP contribution in [0.15, 0.2) is 60.7 Å². The second-order valence-corrected chi connectivity index (χ2v) is 14.7. The quantitative estimate of drug-likeness (QED) is 0.149. The Labute approximate surface area is 220 Å². The molecule has 2 rings (SSSR count). The summed E-state index contributed by atoms with van der Waals surface area (Å²) < 4.78 is 19.9. The fourth-order valence-electron chi connectivity index (χ4n) is 2.67. The first-order valence-corrected chi connectivity index (χ1v) is 17.5. The zero-order valence-electron chi connectivity index (χ0n) is 19.8. The number of methoxy groups -OCH3 is 2. The summed E-state index contributed by atoms with van der Waals surface area (Å²) in [5.41, 5.74) is 1.64. The van der Waals surface area contributed by atoms with Crippen LogP contribution in [0.5, 0.6) is 0 Å². The molecule has 0 heterocycles. The van der Waals surface area contributed by atoms with E-state index in [1.807, 2.05) is 60.7 Å². The number of esters is 2. The van der Waals surface area contributed by atoms with Gasteiger partial charge in [0.05, 0.1) is 0 Å². The van der Waals surface area contributed by atoms with E-state index in [1.54, 1.807) is 0 Å². The summed E-state index contributed by atoms with van der Waals surface area (Å²) in [7, 11) is 2.48. The van der Waals surface area contributed by atoms with Crippen LogP contribution in [0, 0.1) is 0 Å². The van der Waals surface area contributed by atoms with Crippen LogP contribution < -0.4 is 10.6 Å². The van der Waals surface area contributed by atoms with Gasteiger partial charge in [-0.1, -0.05) is 0 Å². The fraction of sp³-hybridized carbons (Fsp3) is 0.333. The van der Waals surface area contributed by atoms with Crippen molar-refractivity contribution in [2.45, 2.75) is 35.9 Å². The van der Waals surface area contributed by atoms with Gasteiger partial charge in [-0.3, -0.25) is 0 Å². The predicted molar refractivity (Wildman–Crippen MR) is 132 cm³/mol. The van der Waals surface area contributed by atoms with Crippen molar-refractivity contribution in [3.63, 3.8) is 0 Å². The van der Waals surface area contributed by atoms with E-state index in [0.717, 1.165) is 11.1 Å². The molecule has 0 aliphatic rings. The van der Waals surface area contributed by atoms with Crippen LogP contribution in [0.2, 0.25) is 10.6 Å². The molecule has 0 radical (unpaired) electrons. The Hall–Kier alpha value is -3.04. The molecule has 0 saturated heterocycles. The molecule has 2 atom stereocenters. The van der Waals surface area contributed by atoms with Crippen LogP contribution in [0.25, 0.3) is 0 Å². The topological polar surface area (TPSA) is 129 Å². The average Bonchev–Trinajstić information content (AvgIpc) is 2.91. The molecular weight excluding hydrogens is 602 g/mol. The summed E-state index contributed by atoms with van der Waals surface area (Å²) in [5.74, 6) is -1.17. The Bertz CT molecular complexity index is 899. The number of rotatable bonds is 13. The number of nitrogens with one attached hydrogen (secondary N) is 2. The van der Waals surface area contributed by atoms with Gasteiger partial charge in [0, 0.05) is 0 Å². The zero-order chi connectivity index (χ0) is 26.2. The van der Waals surface area contributed by atoms with E-state index in [1.165, 1.54) is 14.2 Å². The van der Waals surface area contributed by atoms with Crippen molar-refractivity contribution in [1.82, 2.24) is 10.6 Å². The van der Waals surface area contributed by atoms with Crippen LogP contribution >= 0.6 is 0 Å². The molecule has 10 nitrogen and oxygen atoms in total. The fourth-order valence-corrected chi connectivity index (χ4v) is 9.63. The van der Waals surface area contributed by atoms with Crippen molar-refractivity contribution in [3.05, 3.63) is 71.8 Å². The first-order chi connectivity index (χ1) is 17.4. The molecule has 0 fully saturated rings. The Kier molecular flexibility index (Phi) is 13.5. The molecule has 0 aliphatic heterocycles. The van der Waals surface area contributed by atoms with Crippen LogP contribution in [-0.2, 0) is 41.8 Å². The van der Waals surface area contributed by atoms with Gasteiger partial charge in [0.1, 0.15) is 0 Å². The third-order valence-electron chi connectivity index (χ3n) is 4.53. The molecule has 36 heavy (non-hydrogen) atoms. The maximum absolute atomic E-state index is 12.1. The van der Waals surface area contributed by atoms with Crippen molar-refractivity contribution in [2.75, 3.05) is 14.2 Å². The third kappa shape index (κ3) is 11.1. The molecule has 2 amide bonds. The van der Waals surface area contributed by atoms with Crippen molar-refractivity contribution in [1.29, 1.82) is 0 Å². The van der Waals surface area contributed by atoms with E-state index in [2.05, 4.69) is 10.6 Å². The molecule has 0 unspecified atom stereocenters. The number of ether oxygens (including phenoxy) is 4. The minimum absolute atomic E-state index is 0.0719. The Morgan fingerprint density at radius 1 is 0.667 bits per heavy atom. The van der Waals surface area contributed by atoms with Gasteiger partial charge in [-0.15, -0.1) is 0 Å². The van der Waals surface area contributed by atoms with Gasteiger partial charge in [-0.05, 0) is 0 Å². The van der Waals surface area contributed by atoms with E-state index in [9.17, 15) is 19.2 Å². The summed E-state index contributed by atoms with van der Waals surface area (Å²) in [6.45, 7) is 0.144. The maximum atomic E-state index is 12.1. The third-order valence-corrected chi connectivity index (χ3v) is 11.6. The van der Waals surface area contributed by atoms with Crippen LogP contribution in [0.4, 0.5) is 9.59 Å². The van der Waals surface area contributed by atoms with Gasteiger partial charge in [0.2, 0.25) is 0 Å². The molecule has 0 spiro atoms. The van der Waals surface area contributed by atoms with Gasteiger partial charge in [0.25, 0.3) is 0 Å². The predicted octanol–water partition coefficient (Wildman–Crippen LogP) is 2.08. The zero-order valence-corrected chi connectivity index (χ0v) is 23.3. The molecule has 0 bridgehead atoms. The van der Waals surface area contributed by atoms with E-state index in [0.29, 0.717) is 10.6 Å². The van der Waals surface area contributed by atoms with Gasteiger partial charge in [-0.25, -0.2) is 0 Å². The van der Waals surface area contributed by atoms with Crippen molar-refractivity contribution >= 4 is 50.4 Å². The number of alkyl carbamates (subject to hydrolysis) is 2. The SMILES string of the molecule is COC(=O)[C@H](C[Se][Se]C[C@H](NC(=O)OCc1ccccc1)C(=O)OC)NC(=O)OCc1ccccc1. The minimum atomic E-state index is -0.875. The van der Waals surface area contributed by atoms with Gasteiger partial charge in [0.15, 0.2) is 0 Å². The van der Waals surface area contributed by atoms with E-state index in [4.69, 9.17) is 18.9 Å². The standard InChI is InChI=1S/C24H28N2O8Se2/c1-31-21(27)19(25-23(29)33-13-17-9-5-3-6-10-17)15-35-36-16-20(22(28)32-2)26-24(30)34-14-18-11-7-4-8-12-18/h3-12,19-20H,13-16H2,1-2H3,(H,25,29)(H,26,30)/t19-,20-/m0/s1. The summed E-state index contributed by atoms with van der Waals surface area (Å²) in [5, 5.41) is 5.75. The number of benzene rings is 2. The first-order valence-electron chi connectivity index (χ1n) is 10.8. The van der Waals surface area contributed by atoms with E-state index in [-0.39, 0.29) is 39.5 Å². The van der Waals surface area contributed by atoms with Gasteiger partial charge < -0.3 is 0 Å².